The minimum absolute atomic E-state index is 0.241. The first-order valence-corrected chi connectivity index (χ1v) is 6.95. The Hall–Kier alpha value is -1.06. The lowest BCUT2D eigenvalue weighted by atomic mass is 9.96. The topological polar surface area (TPSA) is 41.5 Å². The second-order valence-electron chi connectivity index (χ2n) is 5.49. The molecule has 3 nitrogen and oxygen atoms in total. The van der Waals surface area contributed by atoms with Gasteiger partial charge in [-0.2, -0.15) is 0 Å². The molecule has 1 unspecified atom stereocenters. The lowest BCUT2D eigenvalue weighted by Gasteiger charge is -2.19. The SMILES string of the molecule is COc1ccc(CNCC(CO)C(C)C)c(C)c1C. The van der Waals surface area contributed by atoms with E-state index in [1.165, 1.54) is 16.7 Å². The van der Waals surface area contributed by atoms with Gasteiger partial charge in [0, 0.05) is 19.7 Å². The molecule has 2 N–H and O–H groups in total. The van der Waals surface area contributed by atoms with E-state index in [0.717, 1.165) is 18.8 Å². The fourth-order valence-electron chi connectivity index (χ4n) is 2.17. The Labute approximate surface area is 117 Å². The number of aliphatic hydroxyl groups excluding tert-OH is 1. The Morgan fingerprint density at radius 1 is 1.21 bits per heavy atom. The molecule has 0 spiro atoms. The summed E-state index contributed by atoms with van der Waals surface area (Å²) >= 11 is 0. The van der Waals surface area contributed by atoms with Crippen molar-refractivity contribution in [2.45, 2.75) is 34.2 Å². The summed E-state index contributed by atoms with van der Waals surface area (Å²) in [7, 11) is 1.70. The van der Waals surface area contributed by atoms with Crippen LogP contribution in [0.15, 0.2) is 12.1 Å². The van der Waals surface area contributed by atoms with Crippen LogP contribution in [0.1, 0.15) is 30.5 Å². The number of nitrogens with one attached hydrogen (secondary N) is 1. The monoisotopic (exact) mass is 265 g/mol. The molecule has 1 aromatic carbocycles. The van der Waals surface area contributed by atoms with Crippen molar-refractivity contribution in [1.29, 1.82) is 0 Å². The standard InChI is InChI=1S/C16H27NO2/c1-11(2)15(10-18)9-17-8-14-6-7-16(19-5)13(4)12(14)3/h6-7,11,15,17-18H,8-10H2,1-5H3. The zero-order valence-electron chi connectivity index (χ0n) is 12.8. The highest BCUT2D eigenvalue weighted by Crippen LogP contribution is 2.23. The molecule has 0 saturated heterocycles. The van der Waals surface area contributed by atoms with Crippen molar-refractivity contribution in [3.05, 3.63) is 28.8 Å². The third-order valence-corrected chi connectivity index (χ3v) is 3.97. The first kappa shape index (κ1) is 16.0. The smallest absolute Gasteiger partial charge is 0.122 e. The molecule has 1 rings (SSSR count). The van der Waals surface area contributed by atoms with Crippen LogP contribution in [0.25, 0.3) is 0 Å². The largest absolute Gasteiger partial charge is 0.496 e. The summed E-state index contributed by atoms with van der Waals surface area (Å²) in [6.07, 6.45) is 0. The molecule has 1 aromatic rings. The first-order valence-electron chi connectivity index (χ1n) is 6.95. The van der Waals surface area contributed by atoms with Crippen LogP contribution in [-0.4, -0.2) is 25.4 Å². The van der Waals surface area contributed by atoms with Gasteiger partial charge in [-0.3, -0.25) is 0 Å². The highest BCUT2D eigenvalue weighted by atomic mass is 16.5. The molecule has 19 heavy (non-hydrogen) atoms. The van der Waals surface area contributed by atoms with Gasteiger partial charge in [0.05, 0.1) is 7.11 Å². The minimum Gasteiger partial charge on any atom is -0.496 e. The molecule has 0 aliphatic heterocycles. The summed E-state index contributed by atoms with van der Waals surface area (Å²) in [6, 6.07) is 4.13. The van der Waals surface area contributed by atoms with Crippen molar-refractivity contribution in [3.63, 3.8) is 0 Å². The van der Waals surface area contributed by atoms with Gasteiger partial charge >= 0.3 is 0 Å². The van der Waals surface area contributed by atoms with E-state index in [4.69, 9.17) is 4.74 Å². The van der Waals surface area contributed by atoms with Crippen LogP contribution in [0.5, 0.6) is 5.75 Å². The molecule has 0 radical (unpaired) electrons. The van der Waals surface area contributed by atoms with E-state index in [1.807, 2.05) is 6.07 Å². The Morgan fingerprint density at radius 2 is 1.89 bits per heavy atom. The Bertz CT molecular complexity index is 402. The lowest BCUT2D eigenvalue weighted by molar-refractivity contribution is 0.186. The molecule has 3 heteroatoms. The summed E-state index contributed by atoms with van der Waals surface area (Å²) < 4.78 is 5.32. The normalized spacial score (nSPS) is 12.8. The number of ether oxygens (including phenoxy) is 1. The molecule has 108 valence electrons. The van der Waals surface area contributed by atoms with E-state index >= 15 is 0 Å². The van der Waals surface area contributed by atoms with Crippen LogP contribution < -0.4 is 10.1 Å². The van der Waals surface area contributed by atoms with E-state index in [2.05, 4.69) is 39.1 Å². The number of hydrogen-bond donors (Lipinski definition) is 2. The second-order valence-corrected chi connectivity index (χ2v) is 5.49. The van der Waals surface area contributed by atoms with Crippen LogP contribution in [0, 0.1) is 25.7 Å². The van der Waals surface area contributed by atoms with Gasteiger partial charge in [-0.1, -0.05) is 19.9 Å². The van der Waals surface area contributed by atoms with Crippen molar-refractivity contribution in [2.75, 3.05) is 20.3 Å². The molecule has 1 atom stereocenters. The fraction of sp³-hybridized carbons (Fsp3) is 0.625. The third-order valence-electron chi connectivity index (χ3n) is 3.97. The molecule has 0 heterocycles. The van der Waals surface area contributed by atoms with E-state index in [-0.39, 0.29) is 6.61 Å². The maximum Gasteiger partial charge on any atom is 0.122 e. The zero-order valence-corrected chi connectivity index (χ0v) is 12.8. The van der Waals surface area contributed by atoms with Gasteiger partial charge < -0.3 is 15.2 Å². The summed E-state index contributed by atoms with van der Waals surface area (Å²) in [6.45, 7) is 10.4. The molecular formula is C16H27NO2. The Kier molecular flexibility index (Phi) is 6.32. The Morgan fingerprint density at radius 3 is 2.42 bits per heavy atom. The summed E-state index contributed by atoms with van der Waals surface area (Å²) in [4.78, 5) is 0. The van der Waals surface area contributed by atoms with Crippen LogP contribution in [0.2, 0.25) is 0 Å². The summed E-state index contributed by atoms with van der Waals surface area (Å²) in [5.41, 5.74) is 3.76. The average Bonchev–Trinajstić information content (AvgIpc) is 2.39. The fourth-order valence-corrected chi connectivity index (χ4v) is 2.17. The predicted octanol–water partition coefficient (Wildman–Crippen LogP) is 2.67. The van der Waals surface area contributed by atoms with Crippen LogP contribution in [0.4, 0.5) is 0 Å². The second kappa shape index (κ2) is 7.51. The maximum absolute atomic E-state index is 9.30. The molecule has 0 bridgehead atoms. The molecule has 0 aliphatic carbocycles. The predicted molar refractivity (Wildman–Crippen MR) is 79.6 cm³/mol. The summed E-state index contributed by atoms with van der Waals surface area (Å²) in [5, 5.41) is 12.7. The van der Waals surface area contributed by atoms with Gasteiger partial charge in [0.1, 0.15) is 5.75 Å². The molecule has 0 saturated carbocycles. The average molecular weight is 265 g/mol. The van der Waals surface area contributed by atoms with Gasteiger partial charge in [0.15, 0.2) is 0 Å². The summed E-state index contributed by atoms with van der Waals surface area (Å²) in [5.74, 6) is 1.76. The van der Waals surface area contributed by atoms with E-state index in [0.29, 0.717) is 11.8 Å². The van der Waals surface area contributed by atoms with E-state index in [1.54, 1.807) is 7.11 Å². The number of methoxy groups -OCH3 is 1. The van der Waals surface area contributed by atoms with Gasteiger partial charge in [-0.05, 0) is 48.4 Å². The van der Waals surface area contributed by atoms with Gasteiger partial charge in [0.2, 0.25) is 0 Å². The van der Waals surface area contributed by atoms with Crippen LogP contribution in [0.3, 0.4) is 0 Å². The molecule has 0 fully saturated rings. The lowest BCUT2D eigenvalue weighted by Crippen LogP contribution is -2.28. The molecule has 0 aromatic heterocycles. The molecule has 0 aliphatic rings. The van der Waals surface area contributed by atoms with Crippen LogP contribution >= 0.6 is 0 Å². The number of aliphatic hydroxyl groups is 1. The van der Waals surface area contributed by atoms with Gasteiger partial charge in [0.25, 0.3) is 0 Å². The van der Waals surface area contributed by atoms with Crippen molar-refractivity contribution >= 4 is 0 Å². The number of rotatable bonds is 7. The van der Waals surface area contributed by atoms with E-state index < -0.39 is 0 Å². The van der Waals surface area contributed by atoms with Gasteiger partial charge in [-0.15, -0.1) is 0 Å². The molecular weight excluding hydrogens is 238 g/mol. The number of hydrogen-bond acceptors (Lipinski definition) is 3. The maximum atomic E-state index is 9.30. The van der Waals surface area contributed by atoms with Crippen molar-refractivity contribution in [1.82, 2.24) is 5.32 Å². The van der Waals surface area contributed by atoms with Gasteiger partial charge in [-0.25, -0.2) is 0 Å². The van der Waals surface area contributed by atoms with E-state index in [9.17, 15) is 5.11 Å². The van der Waals surface area contributed by atoms with Crippen molar-refractivity contribution < 1.29 is 9.84 Å². The van der Waals surface area contributed by atoms with Crippen molar-refractivity contribution in [2.24, 2.45) is 11.8 Å². The number of benzene rings is 1. The first-order chi connectivity index (χ1) is 9.01. The van der Waals surface area contributed by atoms with Crippen molar-refractivity contribution in [3.8, 4) is 5.75 Å². The van der Waals surface area contributed by atoms with Crippen LogP contribution in [-0.2, 0) is 6.54 Å². The minimum atomic E-state index is 0.241. The zero-order chi connectivity index (χ0) is 14.4. The Balaban J connectivity index is 2.61. The third kappa shape index (κ3) is 4.22. The highest BCUT2D eigenvalue weighted by Gasteiger charge is 2.12. The molecule has 0 amide bonds. The quantitative estimate of drug-likeness (QED) is 0.796. The highest BCUT2D eigenvalue weighted by molar-refractivity contribution is 5.43.